The van der Waals surface area contributed by atoms with E-state index < -0.39 is 10.0 Å². The molecule has 0 aliphatic heterocycles. The van der Waals surface area contributed by atoms with E-state index in [0.29, 0.717) is 6.42 Å². The molecule has 0 amide bonds. The number of aliphatic hydroxyl groups excluding tert-OH is 1. The molecule has 5 nitrogen and oxygen atoms in total. The summed E-state index contributed by atoms with van der Waals surface area (Å²) in [6, 6.07) is 6.66. The fraction of sp³-hybridized carbons (Fsp3) is 0.400. The van der Waals surface area contributed by atoms with E-state index >= 15 is 0 Å². The van der Waals surface area contributed by atoms with Gasteiger partial charge in [-0.2, -0.15) is 9.57 Å². The first kappa shape index (κ1) is 17.2. The Morgan fingerprint density at radius 3 is 2.62 bits per heavy atom. The molecule has 1 rings (SSSR count). The van der Waals surface area contributed by atoms with Crippen LogP contribution in [0.1, 0.15) is 24.0 Å². The van der Waals surface area contributed by atoms with Crippen molar-refractivity contribution in [3.63, 3.8) is 0 Å². The Balaban J connectivity index is 3.04. The SMILES string of the molecule is Cc1cc(S(=O)(=O)N(C)CCC#N)ccc1C#CCCO. The molecule has 1 N–H and O–H groups in total. The van der Waals surface area contributed by atoms with Crippen molar-refractivity contribution in [2.75, 3.05) is 20.2 Å². The lowest BCUT2D eigenvalue weighted by atomic mass is 10.1. The molecule has 0 saturated carbocycles. The Kier molecular flexibility index (Phi) is 6.39. The van der Waals surface area contributed by atoms with Crippen LogP contribution < -0.4 is 0 Å². The molecule has 0 aliphatic carbocycles. The van der Waals surface area contributed by atoms with Crippen LogP contribution in [0.2, 0.25) is 0 Å². The zero-order valence-electron chi connectivity index (χ0n) is 12.1. The molecule has 0 aliphatic rings. The zero-order chi connectivity index (χ0) is 15.9. The molecule has 112 valence electrons. The molecule has 1 aromatic carbocycles. The van der Waals surface area contributed by atoms with Crippen molar-refractivity contribution >= 4 is 10.0 Å². The van der Waals surface area contributed by atoms with Gasteiger partial charge in [0.15, 0.2) is 0 Å². The van der Waals surface area contributed by atoms with Gasteiger partial charge in [0.2, 0.25) is 10.0 Å². The van der Waals surface area contributed by atoms with E-state index in [2.05, 4.69) is 11.8 Å². The Hall–Kier alpha value is -1.86. The predicted octanol–water partition coefficient (Wildman–Crippen LogP) is 1.26. The molecule has 0 aromatic heterocycles. The summed E-state index contributed by atoms with van der Waals surface area (Å²) < 4.78 is 25.8. The van der Waals surface area contributed by atoms with E-state index in [4.69, 9.17) is 10.4 Å². The minimum absolute atomic E-state index is 0.00218. The van der Waals surface area contributed by atoms with Gasteiger partial charge in [-0.1, -0.05) is 11.8 Å². The summed E-state index contributed by atoms with van der Waals surface area (Å²) in [6.45, 7) is 1.95. The quantitative estimate of drug-likeness (QED) is 0.830. The maximum absolute atomic E-state index is 12.3. The molecule has 0 bridgehead atoms. The topological polar surface area (TPSA) is 81.4 Å². The third kappa shape index (κ3) is 4.57. The highest BCUT2D eigenvalue weighted by Crippen LogP contribution is 2.18. The first-order valence-corrected chi connectivity index (χ1v) is 7.91. The summed E-state index contributed by atoms with van der Waals surface area (Å²) in [6.07, 6.45) is 0.538. The Labute approximate surface area is 125 Å². The summed E-state index contributed by atoms with van der Waals surface area (Å²) in [7, 11) is -2.13. The normalized spacial score (nSPS) is 10.8. The van der Waals surface area contributed by atoms with Gasteiger partial charge < -0.3 is 5.11 Å². The molecule has 6 heteroatoms. The van der Waals surface area contributed by atoms with Gasteiger partial charge in [0, 0.05) is 32.0 Å². The molecular weight excluding hydrogens is 288 g/mol. The molecule has 0 spiro atoms. The lowest BCUT2D eigenvalue weighted by Crippen LogP contribution is -2.27. The van der Waals surface area contributed by atoms with E-state index in [9.17, 15) is 8.42 Å². The van der Waals surface area contributed by atoms with Gasteiger partial charge >= 0.3 is 0 Å². The van der Waals surface area contributed by atoms with Crippen molar-refractivity contribution in [1.82, 2.24) is 4.31 Å². The molecule has 1 aromatic rings. The minimum Gasteiger partial charge on any atom is -0.395 e. The van der Waals surface area contributed by atoms with E-state index in [0.717, 1.165) is 11.1 Å². The zero-order valence-corrected chi connectivity index (χ0v) is 12.9. The second-order valence-electron chi connectivity index (χ2n) is 4.49. The van der Waals surface area contributed by atoms with E-state index in [1.54, 1.807) is 19.1 Å². The Morgan fingerprint density at radius 2 is 2.05 bits per heavy atom. The van der Waals surface area contributed by atoms with E-state index in [-0.39, 0.29) is 24.5 Å². The van der Waals surface area contributed by atoms with Gasteiger partial charge in [-0.3, -0.25) is 0 Å². The number of aryl methyl sites for hydroxylation is 1. The fourth-order valence-electron chi connectivity index (χ4n) is 1.66. The molecule has 21 heavy (non-hydrogen) atoms. The second-order valence-corrected chi connectivity index (χ2v) is 6.53. The molecule has 0 saturated heterocycles. The van der Waals surface area contributed by atoms with E-state index in [1.807, 2.05) is 6.07 Å². The molecule has 0 radical (unpaired) electrons. The summed E-state index contributed by atoms with van der Waals surface area (Å²) in [5.74, 6) is 5.70. The summed E-state index contributed by atoms with van der Waals surface area (Å²) in [5, 5.41) is 17.2. The summed E-state index contributed by atoms with van der Waals surface area (Å²) in [4.78, 5) is 0.188. The number of hydrogen-bond acceptors (Lipinski definition) is 4. The Bertz CT molecular complexity index is 694. The number of aliphatic hydroxyl groups is 1. The number of benzene rings is 1. The first-order valence-electron chi connectivity index (χ1n) is 6.47. The van der Waals surface area contributed by atoms with Crippen molar-refractivity contribution in [3.05, 3.63) is 29.3 Å². The molecular formula is C15H18N2O3S. The van der Waals surface area contributed by atoms with Crippen LogP contribution in [0.5, 0.6) is 0 Å². The van der Waals surface area contributed by atoms with Crippen molar-refractivity contribution in [2.45, 2.75) is 24.7 Å². The standard InChI is InChI=1S/C15H18N2O3S/c1-13-12-15(8-7-14(13)6-3-4-11-18)21(19,20)17(2)10-5-9-16/h7-8,12,18H,4-5,10-11H2,1-2H3. The number of rotatable bonds is 5. The summed E-state index contributed by atoms with van der Waals surface area (Å²) >= 11 is 0. The molecule has 0 heterocycles. The van der Waals surface area contributed by atoms with Gasteiger partial charge in [0.1, 0.15) is 0 Å². The lowest BCUT2D eigenvalue weighted by molar-refractivity contribution is 0.305. The van der Waals surface area contributed by atoms with Crippen molar-refractivity contribution in [3.8, 4) is 17.9 Å². The van der Waals surface area contributed by atoms with Crippen LogP contribution in [-0.2, 0) is 10.0 Å². The average Bonchev–Trinajstić information content (AvgIpc) is 2.46. The summed E-state index contributed by atoms with van der Waals surface area (Å²) in [5.41, 5.74) is 1.50. The van der Waals surface area contributed by atoms with Gasteiger partial charge in [-0.15, -0.1) is 0 Å². The highest BCUT2D eigenvalue weighted by Gasteiger charge is 2.20. The maximum atomic E-state index is 12.3. The molecule has 0 atom stereocenters. The maximum Gasteiger partial charge on any atom is 0.242 e. The number of sulfonamides is 1. The van der Waals surface area contributed by atoms with Crippen LogP contribution in [0.15, 0.2) is 23.1 Å². The smallest absolute Gasteiger partial charge is 0.242 e. The highest BCUT2D eigenvalue weighted by molar-refractivity contribution is 7.89. The van der Waals surface area contributed by atoms with Crippen molar-refractivity contribution in [1.29, 1.82) is 5.26 Å². The second kappa shape index (κ2) is 7.80. The monoisotopic (exact) mass is 306 g/mol. The van der Waals surface area contributed by atoms with Gasteiger partial charge in [0.25, 0.3) is 0 Å². The van der Waals surface area contributed by atoms with Crippen LogP contribution in [0.25, 0.3) is 0 Å². The highest BCUT2D eigenvalue weighted by atomic mass is 32.2. The fourth-order valence-corrected chi connectivity index (χ4v) is 2.92. The number of hydrogen-bond donors (Lipinski definition) is 1. The van der Waals surface area contributed by atoms with Crippen LogP contribution in [0.3, 0.4) is 0 Å². The number of nitrogens with zero attached hydrogens (tertiary/aromatic N) is 2. The molecule has 0 unspecified atom stereocenters. The van der Waals surface area contributed by atoms with Crippen LogP contribution >= 0.6 is 0 Å². The van der Waals surface area contributed by atoms with Crippen molar-refractivity contribution in [2.24, 2.45) is 0 Å². The predicted molar refractivity (Wildman–Crippen MR) is 79.8 cm³/mol. The van der Waals surface area contributed by atoms with Crippen LogP contribution in [-0.4, -0.2) is 38.0 Å². The van der Waals surface area contributed by atoms with Gasteiger partial charge in [0.05, 0.1) is 17.6 Å². The van der Waals surface area contributed by atoms with E-state index in [1.165, 1.54) is 17.4 Å². The first-order chi connectivity index (χ1) is 9.93. The van der Waals surface area contributed by atoms with Crippen LogP contribution in [0.4, 0.5) is 0 Å². The van der Waals surface area contributed by atoms with Crippen LogP contribution in [0, 0.1) is 30.1 Å². The van der Waals surface area contributed by atoms with Gasteiger partial charge in [-0.25, -0.2) is 8.42 Å². The lowest BCUT2D eigenvalue weighted by Gasteiger charge is -2.16. The average molecular weight is 306 g/mol. The largest absolute Gasteiger partial charge is 0.395 e. The number of nitriles is 1. The molecule has 0 fully saturated rings. The van der Waals surface area contributed by atoms with Crippen molar-refractivity contribution < 1.29 is 13.5 Å². The third-order valence-corrected chi connectivity index (χ3v) is 4.76. The van der Waals surface area contributed by atoms with Gasteiger partial charge in [-0.05, 0) is 30.7 Å². The third-order valence-electron chi connectivity index (χ3n) is 2.90. The Morgan fingerprint density at radius 1 is 1.33 bits per heavy atom. The minimum atomic E-state index is -3.58.